The summed E-state index contributed by atoms with van der Waals surface area (Å²) in [5.74, 6) is 0.597. The van der Waals surface area contributed by atoms with E-state index in [1.165, 1.54) is 25.0 Å². The Bertz CT molecular complexity index is 338. The number of benzene rings is 1. The molecule has 0 saturated heterocycles. The molecule has 1 aromatic rings. The first-order valence-electron chi connectivity index (χ1n) is 5.85. The predicted octanol–water partition coefficient (Wildman–Crippen LogP) is 2.42. The van der Waals surface area contributed by atoms with Gasteiger partial charge in [0.2, 0.25) is 0 Å². The predicted molar refractivity (Wildman–Crippen MR) is 70.7 cm³/mol. The van der Waals surface area contributed by atoms with Crippen LogP contribution in [-0.2, 0) is 6.54 Å². The molecule has 1 atom stereocenters. The summed E-state index contributed by atoms with van der Waals surface area (Å²) in [7, 11) is 2.10. The zero-order valence-corrected chi connectivity index (χ0v) is 10.9. The lowest BCUT2D eigenvalue weighted by atomic mass is 10.1. The molecule has 0 spiro atoms. The standard InChI is InChI=1S/C13H19FN2.ClH/c1-16(13(8-15)11-4-5-11)9-10-2-6-12(14)7-3-10;/h2-3,6-7,11,13H,4-5,8-9,15H2,1H3;1H. The van der Waals surface area contributed by atoms with Crippen molar-refractivity contribution >= 4 is 12.4 Å². The van der Waals surface area contributed by atoms with E-state index in [0.717, 1.165) is 18.0 Å². The van der Waals surface area contributed by atoms with Gasteiger partial charge in [-0.3, -0.25) is 4.90 Å². The van der Waals surface area contributed by atoms with E-state index in [1.807, 2.05) is 12.1 Å². The third kappa shape index (κ3) is 3.95. The summed E-state index contributed by atoms with van der Waals surface area (Å²) in [5.41, 5.74) is 6.93. The van der Waals surface area contributed by atoms with Crippen molar-refractivity contribution in [2.45, 2.75) is 25.4 Å². The zero-order valence-electron chi connectivity index (χ0n) is 10.1. The number of nitrogens with two attached hydrogens (primary N) is 1. The summed E-state index contributed by atoms with van der Waals surface area (Å²) in [4.78, 5) is 2.28. The van der Waals surface area contributed by atoms with Crippen molar-refractivity contribution in [1.29, 1.82) is 0 Å². The van der Waals surface area contributed by atoms with Gasteiger partial charge in [-0.1, -0.05) is 12.1 Å². The Balaban J connectivity index is 0.00000144. The summed E-state index contributed by atoms with van der Waals surface area (Å²) in [5, 5.41) is 0. The summed E-state index contributed by atoms with van der Waals surface area (Å²) in [6, 6.07) is 7.18. The number of rotatable bonds is 5. The van der Waals surface area contributed by atoms with Gasteiger partial charge in [-0.25, -0.2) is 4.39 Å². The Morgan fingerprint density at radius 2 is 1.94 bits per heavy atom. The molecule has 4 heteroatoms. The van der Waals surface area contributed by atoms with Gasteiger partial charge in [-0.2, -0.15) is 0 Å². The average Bonchev–Trinajstić information content (AvgIpc) is 3.07. The molecule has 2 N–H and O–H groups in total. The molecule has 1 fully saturated rings. The first kappa shape index (κ1) is 14.4. The van der Waals surface area contributed by atoms with Gasteiger partial charge in [-0.15, -0.1) is 12.4 Å². The lowest BCUT2D eigenvalue weighted by molar-refractivity contribution is 0.215. The molecule has 0 aromatic heterocycles. The maximum absolute atomic E-state index is 12.8. The Morgan fingerprint density at radius 3 is 2.41 bits per heavy atom. The second-order valence-corrected chi connectivity index (χ2v) is 4.68. The number of likely N-dealkylation sites (N-methyl/N-ethyl adjacent to an activating group) is 1. The van der Waals surface area contributed by atoms with E-state index < -0.39 is 0 Å². The molecular formula is C13H20ClFN2. The third-order valence-electron chi connectivity index (χ3n) is 3.32. The van der Waals surface area contributed by atoms with Gasteiger partial charge >= 0.3 is 0 Å². The molecule has 1 aromatic carbocycles. The van der Waals surface area contributed by atoms with Crippen LogP contribution < -0.4 is 5.73 Å². The van der Waals surface area contributed by atoms with Crippen molar-refractivity contribution < 1.29 is 4.39 Å². The Hall–Kier alpha value is -0.640. The van der Waals surface area contributed by atoms with Crippen molar-refractivity contribution in [3.8, 4) is 0 Å². The number of nitrogens with zero attached hydrogens (tertiary/aromatic N) is 1. The number of halogens is 2. The lowest BCUT2D eigenvalue weighted by Crippen LogP contribution is -2.39. The molecule has 2 rings (SSSR count). The monoisotopic (exact) mass is 258 g/mol. The van der Waals surface area contributed by atoms with Gasteiger partial charge in [0.25, 0.3) is 0 Å². The van der Waals surface area contributed by atoms with Crippen LogP contribution in [-0.4, -0.2) is 24.5 Å². The maximum Gasteiger partial charge on any atom is 0.123 e. The molecule has 2 nitrogen and oxygen atoms in total. The van der Waals surface area contributed by atoms with E-state index in [4.69, 9.17) is 5.73 Å². The Kier molecular flexibility index (Phi) is 5.37. The highest BCUT2D eigenvalue weighted by molar-refractivity contribution is 5.85. The topological polar surface area (TPSA) is 29.3 Å². The van der Waals surface area contributed by atoms with Crippen LogP contribution >= 0.6 is 12.4 Å². The van der Waals surface area contributed by atoms with Crippen molar-refractivity contribution in [1.82, 2.24) is 4.90 Å². The lowest BCUT2D eigenvalue weighted by Gasteiger charge is -2.26. The van der Waals surface area contributed by atoms with E-state index in [9.17, 15) is 4.39 Å². The molecule has 0 heterocycles. The van der Waals surface area contributed by atoms with Crippen LogP contribution in [0.4, 0.5) is 4.39 Å². The highest BCUT2D eigenvalue weighted by Gasteiger charge is 2.32. The molecule has 0 aliphatic heterocycles. The molecule has 1 aliphatic rings. The zero-order chi connectivity index (χ0) is 11.5. The Labute approximate surface area is 108 Å². The van der Waals surface area contributed by atoms with Crippen LogP contribution in [0.25, 0.3) is 0 Å². The smallest absolute Gasteiger partial charge is 0.123 e. The summed E-state index contributed by atoms with van der Waals surface area (Å²) < 4.78 is 12.8. The first-order chi connectivity index (χ1) is 7.70. The van der Waals surface area contributed by atoms with Crippen LogP contribution in [0, 0.1) is 11.7 Å². The molecule has 17 heavy (non-hydrogen) atoms. The molecule has 1 saturated carbocycles. The summed E-state index contributed by atoms with van der Waals surface area (Å²) in [6.07, 6.45) is 2.60. The molecule has 0 radical (unpaired) electrons. The highest BCUT2D eigenvalue weighted by atomic mass is 35.5. The minimum Gasteiger partial charge on any atom is -0.329 e. The second-order valence-electron chi connectivity index (χ2n) is 4.68. The van der Waals surface area contributed by atoms with E-state index >= 15 is 0 Å². The largest absolute Gasteiger partial charge is 0.329 e. The van der Waals surface area contributed by atoms with Crippen LogP contribution in [0.5, 0.6) is 0 Å². The molecule has 96 valence electrons. The van der Waals surface area contributed by atoms with Crippen LogP contribution in [0.2, 0.25) is 0 Å². The average molecular weight is 259 g/mol. The Morgan fingerprint density at radius 1 is 1.35 bits per heavy atom. The normalized spacial score (nSPS) is 16.7. The fraction of sp³-hybridized carbons (Fsp3) is 0.538. The fourth-order valence-corrected chi connectivity index (χ4v) is 2.21. The van der Waals surface area contributed by atoms with Crippen molar-refractivity contribution in [2.24, 2.45) is 11.7 Å². The fourth-order valence-electron chi connectivity index (χ4n) is 2.21. The SMILES string of the molecule is CN(Cc1ccc(F)cc1)C(CN)C1CC1.Cl. The molecule has 1 aliphatic carbocycles. The number of hydrogen-bond acceptors (Lipinski definition) is 2. The summed E-state index contributed by atoms with van der Waals surface area (Å²) >= 11 is 0. The molecule has 1 unspecified atom stereocenters. The van der Waals surface area contributed by atoms with Crippen molar-refractivity contribution in [3.63, 3.8) is 0 Å². The third-order valence-corrected chi connectivity index (χ3v) is 3.32. The van der Waals surface area contributed by atoms with Gasteiger partial charge in [0, 0.05) is 19.1 Å². The first-order valence-corrected chi connectivity index (χ1v) is 5.85. The minimum atomic E-state index is -0.177. The van der Waals surface area contributed by atoms with Gasteiger partial charge < -0.3 is 5.73 Å². The number of hydrogen-bond donors (Lipinski definition) is 1. The van der Waals surface area contributed by atoms with E-state index in [0.29, 0.717) is 12.6 Å². The van der Waals surface area contributed by atoms with Crippen LogP contribution in [0.3, 0.4) is 0 Å². The quantitative estimate of drug-likeness (QED) is 0.879. The van der Waals surface area contributed by atoms with E-state index in [-0.39, 0.29) is 18.2 Å². The second kappa shape index (κ2) is 6.34. The molecule has 0 amide bonds. The van der Waals surface area contributed by atoms with Crippen molar-refractivity contribution in [3.05, 3.63) is 35.6 Å². The summed E-state index contributed by atoms with van der Waals surface area (Å²) in [6.45, 7) is 1.56. The van der Waals surface area contributed by atoms with E-state index in [2.05, 4.69) is 11.9 Å². The maximum atomic E-state index is 12.8. The highest BCUT2D eigenvalue weighted by Crippen LogP contribution is 2.34. The molecule has 0 bridgehead atoms. The van der Waals surface area contributed by atoms with Gasteiger partial charge in [0.1, 0.15) is 5.82 Å². The van der Waals surface area contributed by atoms with Gasteiger partial charge in [0.15, 0.2) is 0 Å². The van der Waals surface area contributed by atoms with Gasteiger partial charge in [0.05, 0.1) is 0 Å². The minimum absolute atomic E-state index is 0. The molecular weight excluding hydrogens is 239 g/mol. The van der Waals surface area contributed by atoms with Crippen molar-refractivity contribution in [2.75, 3.05) is 13.6 Å². The van der Waals surface area contributed by atoms with Crippen LogP contribution in [0.1, 0.15) is 18.4 Å². The van der Waals surface area contributed by atoms with Gasteiger partial charge in [-0.05, 0) is 43.5 Å². The van der Waals surface area contributed by atoms with Crippen LogP contribution in [0.15, 0.2) is 24.3 Å². The van der Waals surface area contributed by atoms with E-state index in [1.54, 1.807) is 0 Å².